The van der Waals surface area contributed by atoms with E-state index in [0.29, 0.717) is 0 Å². The van der Waals surface area contributed by atoms with E-state index in [-0.39, 0.29) is 0 Å². The summed E-state index contributed by atoms with van der Waals surface area (Å²) in [6, 6.07) is 1.66. The smallest absolute Gasteiger partial charge is 0.0139 e. The van der Waals surface area contributed by atoms with E-state index >= 15 is 0 Å². The Labute approximate surface area is 93.7 Å². The van der Waals surface area contributed by atoms with Crippen molar-refractivity contribution in [3.8, 4) is 0 Å². The Kier molecular flexibility index (Phi) is 3.81. The molecule has 2 unspecified atom stereocenters. The highest BCUT2D eigenvalue weighted by molar-refractivity contribution is 4.96. The normalized spacial score (nSPS) is 31.3. The molecular weight excluding hydrogens is 184 g/mol. The van der Waals surface area contributed by atoms with Crippen LogP contribution in [-0.4, -0.2) is 36.6 Å². The Morgan fingerprint density at radius 3 is 3.00 bits per heavy atom. The van der Waals surface area contributed by atoms with Crippen LogP contribution >= 0.6 is 0 Å². The van der Waals surface area contributed by atoms with E-state index < -0.39 is 0 Å². The Morgan fingerprint density at radius 1 is 1.33 bits per heavy atom. The van der Waals surface area contributed by atoms with Gasteiger partial charge in [-0.05, 0) is 52.6 Å². The van der Waals surface area contributed by atoms with Crippen LogP contribution in [0, 0.1) is 0 Å². The lowest BCUT2D eigenvalue weighted by Crippen LogP contribution is -2.45. The van der Waals surface area contributed by atoms with Crippen molar-refractivity contribution in [1.82, 2.24) is 10.2 Å². The van der Waals surface area contributed by atoms with Gasteiger partial charge in [0.25, 0.3) is 0 Å². The molecule has 1 N–H and O–H groups in total. The average Bonchev–Trinajstić information content (AvgIpc) is 2.64. The molecule has 86 valence electrons. The second-order valence-electron chi connectivity index (χ2n) is 5.24. The Balaban J connectivity index is 1.73. The van der Waals surface area contributed by atoms with Crippen molar-refractivity contribution >= 4 is 0 Å². The van der Waals surface area contributed by atoms with E-state index in [9.17, 15) is 0 Å². The van der Waals surface area contributed by atoms with Crippen LogP contribution in [0.2, 0.25) is 0 Å². The number of nitrogens with zero attached hydrogens (tertiary/aromatic N) is 1. The number of fused-ring (bicyclic) bond motifs is 1. The van der Waals surface area contributed by atoms with Crippen LogP contribution in [0.5, 0.6) is 0 Å². The molecule has 2 aliphatic heterocycles. The molecule has 2 fully saturated rings. The molecule has 2 heterocycles. The molecule has 0 aromatic heterocycles. The quantitative estimate of drug-likeness (QED) is 0.715. The Morgan fingerprint density at radius 2 is 2.20 bits per heavy atom. The predicted molar refractivity (Wildman–Crippen MR) is 65.1 cm³/mol. The predicted octanol–water partition coefficient (Wildman–Crippen LogP) is 2.17. The number of hydrogen-bond donors (Lipinski definition) is 1. The van der Waals surface area contributed by atoms with Crippen molar-refractivity contribution in [1.29, 1.82) is 0 Å². The van der Waals surface area contributed by atoms with E-state index in [2.05, 4.69) is 30.1 Å². The summed E-state index contributed by atoms with van der Waals surface area (Å²) in [5, 5.41) is 3.66. The van der Waals surface area contributed by atoms with E-state index in [0.717, 1.165) is 18.6 Å². The first-order chi connectivity index (χ1) is 7.25. The van der Waals surface area contributed by atoms with Gasteiger partial charge < -0.3 is 10.2 Å². The third-order valence-electron chi connectivity index (χ3n) is 3.74. The summed E-state index contributed by atoms with van der Waals surface area (Å²) in [6.07, 6.45) is 7.86. The van der Waals surface area contributed by atoms with Gasteiger partial charge in [0.15, 0.2) is 0 Å². The van der Waals surface area contributed by atoms with Crippen LogP contribution in [0.25, 0.3) is 0 Å². The average molecular weight is 208 g/mol. The first-order valence-electron chi connectivity index (χ1n) is 6.36. The van der Waals surface area contributed by atoms with Crippen LogP contribution in [-0.2, 0) is 0 Å². The summed E-state index contributed by atoms with van der Waals surface area (Å²) in [7, 11) is 0. The SMILES string of the molecule is CC(C)=CCNC1CCN2CCCC2C1. The van der Waals surface area contributed by atoms with Crippen molar-refractivity contribution in [2.75, 3.05) is 19.6 Å². The molecule has 0 amide bonds. The van der Waals surface area contributed by atoms with Gasteiger partial charge in [-0.3, -0.25) is 0 Å². The van der Waals surface area contributed by atoms with Gasteiger partial charge in [0.05, 0.1) is 0 Å². The second kappa shape index (κ2) is 5.13. The lowest BCUT2D eigenvalue weighted by molar-refractivity contribution is 0.169. The highest BCUT2D eigenvalue weighted by Crippen LogP contribution is 2.26. The van der Waals surface area contributed by atoms with E-state index in [1.54, 1.807) is 0 Å². The van der Waals surface area contributed by atoms with Crippen molar-refractivity contribution < 1.29 is 0 Å². The topological polar surface area (TPSA) is 15.3 Å². The third kappa shape index (κ3) is 3.05. The maximum atomic E-state index is 3.66. The third-order valence-corrected chi connectivity index (χ3v) is 3.74. The summed E-state index contributed by atoms with van der Waals surface area (Å²) in [5.41, 5.74) is 1.42. The molecule has 0 aromatic rings. The standard InChI is InChI=1S/C13H24N2/c1-11(2)5-7-14-12-6-9-15-8-3-4-13(15)10-12/h5,12-14H,3-4,6-10H2,1-2H3. The molecule has 0 radical (unpaired) electrons. The zero-order valence-corrected chi connectivity index (χ0v) is 10.1. The number of piperidine rings is 1. The zero-order chi connectivity index (χ0) is 10.7. The van der Waals surface area contributed by atoms with Gasteiger partial charge in [0.1, 0.15) is 0 Å². The zero-order valence-electron chi connectivity index (χ0n) is 10.1. The van der Waals surface area contributed by atoms with Gasteiger partial charge in [-0.2, -0.15) is 0 Å². The number of allylic oxidation sites excluding steroid dienone is 1. The summed E-state index contributed by atoms with van der Waals surface area (Å²) in [6.45, 7) is 8.06. The van der Waals surface area contributed by atoms with Crippen LogP contribution in [0.4, 0.5) is 0 Å². The second-order valence-corrected chi connectivity index (χ2v) is 5.24. The van der Waals surface area contributed by atoms with Gasteiger partial charge in [0.2, 0.25) is 0 Å². The molecule has 15 heavy (non-hydrogen) atoms. The highest BCUT2D eigenvalue weighted by atomic mass is 15.2. The van der Waals surface area contributed by atoms with E-state index in [4.69, 9.17) is 0 Å². The molecule has 2 rings (SSSR count). The molecule has 0 aliphatic carbocycles. The number of rotatable bonds is 3. The Hall–Kier alpha value is -0.340. The summed E-state index contributed by atoms with van der Waals surface area (Å²) >= 11 is 0. The first kappa shape index (κ1) is 11.2. The Bertz CT molecular complexity index is 231. The fourth-order valence-corrected chi connectivity index (χ4v) is 2.84. The van der Waals surface area contributed by atoms with Crippen LogP contribution in [0.3, 0.4) is 0 Å². The summed E-state index contributed by atoms with van der Waals surface area (Å²) in [5.74, 6) is 0. The molecule has 0 spiro atoms. The van der Waals surface area contributed by atoms with E-state index in [1.807, 2.05) is 0 Å². The highest BCUT2D eigenvalue weighted by Gasteiger charge is 2.30. The van der Waals surface area contributed by atoms with Gasteiger partial charge in [0, 0.05) is 18.6 Å². The lowest BCUT2D eigenvalue weighted by atomic mass is 9.97. The molecule has 0 bridgehead atoms. The van der Waals surface area contributed by atoms with E-state index in [1.165, 1.54) is 44.3 Å². The lowest BCUT2D eigenvalue weighted by Gasteiger charge is -2.35. The van der Waals surface area contributed by atoms with Crippen molar-refractivity contribution in [3.63, 3.8) is 0 Å². The van der Waals surface area contributed by atoms with Crippen LogP contribution < -0.4 is 5.32 Å². The largest absolute Gasteiger partial charge is 0.310 e. The molecule has 2 nitrogen and oxygen atoms in total. The van der Waals surface area contributed by atoms with Gasteiger partial charge in [-0.1, -0.05) is 11.6 Å². The summed E-state index contributed by atoms with van der Waals surface area (Å²) < 4.78 is 0. The maximum absolute atomic E-state index is 3.66. The van der Waals surface area contributed by atoms with Crippen LogP contribution in [0.15, 0.2) is 11.6 Å². The van der Waals surface area contributed by atoms with Crippen LogP contribution in [0.1, 0.15) is 39.5 Å². The molecule has 0 aromatic carbocycles. The minimum Gasteiger partial charge on any atom is -0.310 e. The fourth-order valence-electron chi connectivity index (χ4n) is 2.84. The molecule has 2 saturated heterocycles. The number of hydrogen-bond acceptors (Lipinski definition) is 2. The molecule has 0 saturated carbocycles. The van der Waals surface area contributed by atoms with Gasteiger partial charge in [-0.15, -0.1) is 0 Å². The minimum absolute atomic E-state index is 0.764. The number of nitrogens with one attached hydrogen (secondary N) is 1. The molecule has 2 heteroatoms. The monoisotopic (exact) mass is 208 g/mol. The minimum atomic E-state index is 0.764. The van der Waals surface area contributed by atoms with Gasteiger partial charge in [-0.25, -0.2) is 0 Å². The summed E-state index contributed by atoms with van der Waals surface area (Å²) in [4.78, 5) is 2.68. The van der Waals surface area contributed by atoms with Gasteiger partial charge >= 0.3 is 0 Å². The van der Waals surface area contributed by atoms with Crippen molar-refractivity contribution in [2.24, 2.45) is 0 Å². The molecule has 2 atom stereocenters. The molecular formula is C13H24N2. The first-order valence-corrected chi connectivity index (χ1v) is 6.36. The van der Waals surface area contributed by atoms with Crippen molar-refractivity contribution in [2.45, 2.75) is 51.6 Å². The van der Waals surface area contributed by atoms with Crippen molar-refractivity contribution in [3.05, 3.63) is 11.6 Å². The fraction of sp³-hybridized carbons (Fsp3) is 0.846. The maximum Gasteiger partial charge on any atom is 0.0139 e. The molecule has 2 aliphatic rings.